The molecule has 1 aromatic heterocycles. The summed E-state index contributed by atoms with van der Waals surface area (Å²) in [6.07, 6.45) is -1.54. The van der Waals surface area contributed by atoms with Crippen molar-refractivity contribution in [2.24, 2.45) is 11.5 Å². The van der Waals surface area contributed by atoms with Crippen molar-refractivity contribution in [2.75, 3.05) is 18.5 Å². The van der Waals surface area contributed by atoms with Crippen LogP contribution in [0.2, 0.25) is 0 Å². The minimum absolute atomic E-state index is 0.352. The van der Waals surface area contributed by atoms with E-state index in [4.69, 9.17) is 11.5 Å². The number of nitrogens with two attached hydrogens (primary N) is 2. The summed E-state index contributed by atoms with van der Waals surface area (Å²) in [5, 5.41) is 5.72. The van der Waals surface area contributed by atoms with Gasteiger partial charge < -0.3 is 26.8 Å². The molecular weight excluding hydrogens is 413 g/mol. The number of carbonyl (C=O) groups is 1. The van der Waals surface area contributed by atoms with Crippen LogP contribution in [-0.4, -0.2) is 36.1 Å². The Morgan fingerprint density at radius 3 is 2.53 bits per heavy atom. The van der Waals surface area contributed by atoms with Crippen molar-refractivity contribution in [1.29, 1.82) is 0 Å². The highest BCUT2D eigenvalue weighted by Gasteiger charge is 2.58. The lowest BCUT2D eigenvalue weighted by molar-refractivity contribution is -0.293. The van der Waals surface area contributed by atoms with Crippen LogP contribution >= 0.6 is 0 Å². The fourth-order valence-electron chi connectivity index (χ4n) is 1.98. The molecule has 12 heteroatoms. The standard InChI is InChI=1S/C18H24F5N5O2/c1-3-7-26-15-9-12(6-8-27-15)11(2)28-16(29)13(24)4-5-14(25)30-10-17(19,20)18(21,22)23/h4-6,8-9,11H,3,7,10,24-25H2,1-2H3,(H,26,27)(H,28,29)/b13-4-,14-5+. The third-order valence-corrected chi connectivity index (χ3v) is 3.71. The number of hydrogen-bond acceptors (Lipinski definition) is 6. The summed E-state index contributed by atoms with van der Waals surface area (Å²) in [5.74, 6) is -5.89. The number of rotatable bonds is 10. The highest BCUT2D eigenvalue weighted by Crippen LogP contribution is 2.35. The van der Waals surface area contributed by atoms with Crippen LogP contribution in [0.5, 0.6) is 0 Å². The predicted molar refractivity (Wildman–Crippen MR) is 101 cm³/mol. The van der Waals surface area contributed by atoms with Gasteiger partial charge in [-0.3, -0.25) is 4.79 Å². The second-order valence-electron chi connectivity index (χ2n) is 6.28. The first-order chi connectivity index (χ1) is 13.9. The maximum Gasteiger partial charge on any atom is 0.456 e. The molecule has 7 nitrogen and oxygen atoms in total. The van der Waals surface area contributed by atoms with Crippen LogP contribution < -0.4 is 22.1 Å². The summed E-state index contributed by atoms with van der Waals surface area (Å²) in [7, 11) is 0. The second-order valence-corrected chi connectivity index (χ2v) is 6.28. The minimum Gasteiger partial charge on any atom is -0.473 e. The van der Waals surface area contributed by atoms with Crippen LogP contribution in [0.4, 0.5) is 27.8 Å². The minimum atomic E-state index is -5.77. The Morgan fingerprint density at radius 1 is 1.27 bits per heavy atom. The maximum atomic E-state index is 12.8. The van der Waals surface area contributed by atoms with E-state index in [-0.39, 0.29) is 5.70 Å². The van der Waals surface area contributed by atoms with E-state index in [9.17, 15) is 26.7 Å². The first-order valence-electron chi connectivity index (χ1n) is 8.88. The average molecular weight is 437 g/mol. The summed E-state index contributed by atoms with van der Waals surface area (Å²) >= 11 is 0. The molecule has 0 aliphatic carbocycles. The van der Waals surface area contributed by atoms with E-state index >= 15 is 0 Å². The lowest BCUT2D eigenvalue weighted by atomic mass is 10.1. The second kappa shape index (κ2) is 10.6. The summed E-state index contributed by atoms with van der Waals surface area (Å²) in [4.78, 5) is 16.3. The summed E-state index contributed by atoms with van der Waals surface area (Å²) in [6, 6.07) is 3.01. The van der Waals surface area contributed by atoms with Crippen LogP contribution in [-0.2, 0) is 9.53 Å². The Balaban J connectivity index is 2.68. The molecule has 0 aromatic carbocycles. The molecule has 1 unspecified atom stereocenters. The largest absolute Gasteiger partial charge is 0.473 e. The van der Waals surface area contributed by atoms with Crippen molar-refractivity contribution in [3.8, 4) is 0 Å². The Labute approximate surface area is 170 Å². The van der Waals surface area contributed by atoms with E-state index in [1.807, 2.05) is 6.92 Å². The first-order valence-corrected chi connectivity index (χ1v) is 8.88. The van der Waals surface area contributed by atoms with Gasteiger partial charge in [-0.05, 0) is 43.2 Å². The Kier molecular flexibility index (Phi) is 8.87. The van der Waals surface area contributed by atoms with E-state index in [2.05, 4.69) is 20.4 Å². The molecule has 1 atom stereocenters. The molecule has 0 bridgehead atoms. The van der Waals surface area contributed by atoms with Crippen molar-refractivity contribution in [3.05, 3.63) is 47.6 Å². The number of aromatic nitrogens is 1. The van der Waals surface area contributed by atoms with Crippen molar-refractivity contribution < 1.29 is 31.5 Å². The molecule has 1 amide bonds. The predicted octanol–water partition coefficient (Wildman–Crippen LogP) is 2.94. The van der Waals surface area contributed by atoms with Gasteiger partial charge in [0, 0.05) is 12.7 Å². The third-order valence-electron chi connectivity index (χ3n) is 3.71. The van der Waals surface area contributed by atoms with Crippen molar-refractivity contribution in [1.82, 2.24) is 10.3 Å². The highest BCUT2D eigenvalue weighted by atomic mass is 19.4. The zero-order valence-electron chi connectivity index (χ0n) is 16.4. The number of anilines is 1. The molecule has 168 valence electrons. The van der Waals surface area contributed by atoms with Gasteiger partial charge in [-0.15, -0.1) is 0 Å². The smallest absolute Gasteiger partial charge is 0.456 e. The van der Waals surface area contributed by atoms with Crippen molar-refractivity contribution in [2.45, 2.75) is 38.4 Å². The van der Waals surface area contributed by atoms with Crippen LogP contribution in [0.25, 0.3) is 0 Å². The molecule has 1 heterocycles. The monoisotopic (exact) mass is 437 g/mol. The number of ether oxygens (including phenoxy) is 1. The number of pyridine rings is 1. The molecule has 0 saturated heterocycles. The summed E-state index contributed by atoms with van der Waals surface area (Å²) < 4.78 is 65.9. The first kappa shape index (κ1) is 25.0. The van der Waals surface area contributed by atoms with Gasteiger partial charge in [-0.1, -0.05) is 6.92 Å². The van der Waals surface area contributed by atoms with Crippen LogP contribution in [0, 0.1) is 0 Å². The molecule has 6 N–H and O–H groups in total. The van der Waals surface area contributed by atoms with Gasteiger partial charge in [0.2, 0.25) is 0 Å². The van der Waals surface area contributed by atoms with E-state index in [0.29, 0.717) is 5.82 Å². The molecule has 30 heavy (non-hydrogen) atoms. The number of allylic oxidation sites excluding steroid dienone is 2. The van der Waals surface area contributed by atoms with Gasteiger partial charge in [0.25, 0.3) is 5.91 Å². The molecule has 0 radical (unpaired) electrons. The molecule has 0 aliphatic rings. The molecule has 0 saturated carbocycles. The number of nitrogens with one attached hydrogen (secondary N) is 2. The third kappa shape index (κ3) is 7.76. The van der Waals surface area contributed by atoms with Crippen molar-refractivity contribution in [3.63, 3.8) is 0 Å². The van der Waals surface area contributed by atoms with Crippen LogP contribution in [0.3, 0.4) is 0 Å². The summed E-state index contributed by atoms with van der Waals surface area (Å²) in [5.41, 5.74) is 11.2. The Morgan fingerprint density at radius 2 is 1.93 bits per heavy atom. The van der Waals surface area contributed by atoms with E-state index in [1.54, 1.807) is 25.3 Å². The van der Waals surface area contributed by atoms with Crippen LogP contribution in [0.15, 0.2) is 42.1 Å². The van der Waals surface area contributed by atoms with E-state index in [1.165, 1.54) is 0 Å². The van der Waals surface area contributed by atoms with Crippen LogP contribution in [0.1, 0.15) is 31.9 Å². The quantitative estimate of drug-likeness (QED) is 0.194. The lowest BCUT2D eigenvalue weighted by Crippen LogP contribution is -2.41. The normalized spacial score (nSPS) is 14.2. The Bertz CT molecular complexity index is 780. The molecule has 0 spiro atoms. The zero-order valence-corrected chi connectivity index (χ0v) is 16.4. The average Bonchev–Trinajstić information content (AvgIpc) is 2.68. The Hall–Kier alpha value is -3.05. The molecule has 0 fully saturated rings. The van der Waals surface area contributed by atoms with E-state index < -0.39 is 36.5 Å². The van der Waals surface area contributed by atoms with Gasteiger partial charge in [0.05, 0.1) is 11.7 Å². The number of carbonyl (C=O) groups excluding carboxylic acids is 1. The lowest BCUT2D eigenvalue weighted by Gasteiger charge is -2.19. The number of amides is 1. The van der Waals surface area contributed by atoms with Gasteiger partial charge in [-0.2, -0.15) is 22.0 Å². The SMILES string of the molecule is CCCNc1cc(C(C)NC(=O)/C(N)=C/C=C(\N)OCC(F)(F)C(F)(F)F)ccn1. The fraction of sp³-hybridized carbons (Fsp3) is 0.444. The highest BCUT2D eigenvalue weighted by molar-refractivity contribution is 5.93. The maximum absolute atomic E-state index is 12.8. The fourth-order valence-corrected chi connectivity index (χ4v) is 1.98. The number of hydrogen-bond donors (Lipinski definition) is 4. The van der Waals surface area contributed by atoms with Crippen molar-refractivity contribution >= 4 is 11.7 Å². The summed E-state index contributed by atoms with van der Waals surface area (Å²) in [6.45, 7) is 2.45. The van der Waals surface area contributed by atoms with Gasteiger partial charge in [0.1, 0.15) is 5.82 Å². The molecule has 1 rings (SSSR count). The zero-order chi connectivity index (χ0) is 22.9. The number of alkyl halides is 5. The molecule has 0 aliphatic heterocycles. The van der Waals surface area contributed by atoms with Gasteiger partial charge in [0.15, 0.2) is 12.5 Å². The number of halogens is 5. The van der Waals surface area contributed by atoms with E-state index in [0.717, 1.165) is 30.7 Å². The molecule has 1 aromatic rings. The molecular formula is C18H24F5N5O2. The number of nitrogens with zero attached hydrogens (tertiary/aromatic N) is 1. The van der Waals surface area contributed by atoms with Gasteiger partial charge in [-0.25, -0.2) is 4.98 Å². The topological polar surface area (TPSA) is 115 Å². The van der Waals surface area contributed by atoms with Gasteiger partial charge >= 0.3 is 12.1 Å².